The van der Waals surface area contributed by atoms with Gasteiger partial charge in [0.2, 0.25) is 5.91 Å². The number of para-hydroxylation sites is 1. The lowest BCUT2D eigenvalue weighted by Gasteiger charge is -2.33. The second-order valence-electron chi connectivity index (χ2n) is 7.08. The highest BCUT2D eigenvalue weighted by atomic mass is 16.3. The van der Waals surface area contributed by atoms with Gasteiger partial charge in [-0.1, -0.05) is 25.1 Å². The molecule has 0 atom stereocenters. The zero-order valence-corrected chi connectivity index (χ0v) is 15.4. The summed E-state index contributed by atoms with van der Waals surface area (Å²) in [4.78, 5) is 19.1. The molecule has 4 rings (SSSR count). The van der Waals surface area contributed by atoms with Crippen LogP contribution in [0.4, 0.5) is 0 Å². The molecule has 5 nitrogen and oxygen atoms in total. The van der Waals surface area contributed by atoms with E-state index in [4.69, 9.17) is 4.42 Å². The lowest BCUT2D eigenvalue weighted by molar-refractivity contribution is -0.131. The van der Waals surface area contributed by atoms with Crippen LogP contribution in [0.25, 0.3) is 11.0 Å². The number of carbonyl (C=O) groups excluding carboxylic acids is 1. The van der Waals surface area contributed by atoms with Crippen LogP contribution in [0.5, 0.6) is 0 Å². The number of hydrogen-bond donors (Lipinski definition) is 0. The highest BCUT2D eigenvalue weighted by Gasteiger charge is 2.26. The summed E-state index contributed by atoms with van der Waals surface area (Å²) in [7, 11) is 0. The molecule has 0 saturated carbocycles. The molecule has 2 aromatic heterocycles. The largest absolute Gasteiger partial charge is 0.461 e. The number of aryl methyl sites for hydroxylation is 2. The maximum absolute atomic E-state index is 12.9. The average molecular weight is 351 g/mol. The quantitative estimate of drug-likeness (QED) is 0.716. The van der Waals surface area contributed by atoms with Gasteiger partial charge in [-0.05, 0) is 25.8 Å². The number of amides is 1. The van der Waals surface area contributed by atoms with Gasteiger partial charge >= 0.3 is 0 Å². The molecule has 1 amide bonds. The number of fused-ring (bicyclic) bond motifs is 1. The predicted octanol–water partition coefficient (Wildman–Crippen LogP) is 3.91. The van der Waals surface area contributed by atoms with Crippen molar-refractivity contribution in [3.63, 3.8) is 0 Å². The topological polar surface area (TPSA) is 51.3 Å². The Morgan fingerprint density at radius 3 is 2.73 bits per heavy atom. The van der Waals surface area contributed by atoms with Gasteiger partial charge in [0.05, 0.1) is 12.7 Å². The molecule has 1 aliphatic heterocycles. The van der Waals surface area contributed by atoms with Crippen LogP contribution >= 0.6 is 0 Å². The Balaban J connectivity index is 1.46. The van der Waals surface area contributed by atoms with Crippen molar-refractivity contribution in [1.29, 1.82) is 0 Å². The summed E-state index contributed by atoms with van der Waals surface area (Å²) in [6.45, 7) is 5.77. The maximum Gasteiger partial charge on any atom is 0.227 e. The first kappa shape index (κ1) is 16.9. The van der Waals surface area contributed by atoms with E-state index in [0.717, 1.165) is 54.6 Å². The molecule has 26 heavy (non-hydrogen) atoms. The third kappa shape index (κ3) is 3.02. The molecule has 3 aromatic rings. The SMILES string of the molecule is CCc1oc2ccccc2c1CC(=O)N1CCC(n2cncc2C)CC1. The van der Waals surface area contributed by atoms with Crippen molar-refractivity contribution in [2.24, 2.45) is 0 Å². The number of nitrogens with zero attached hydrogens (tertiary/aromatic N) is 3. The Kier molecular flexibility index (Phi) is 4.53. The number of imidazole rings is 1. The Hall–Kier alpha value is -2.56. The summed E-state index contributed by atoms with van der Waals surface area (Å²) in [5.41, 5.74) is 3.12. The van der Waals surface area contributed by atoms with E-state index in [1.807, 2.05) is 35.6 Å². The van der Waals surface area contributed by atoms with Crippen molar-refractivity contribution >= 4 is 16.9 Å². The molecule has 0 spiro atoms. The summed E-state index contributed by atoms with van der Waals surface area (Å²) in [6, 6.07) is 8.45. The molecule has 136 valence electrons. The first-order valence-electron chi connectivity index (χ1n) is 9.43. The zero-order valence-electron chi connectivity index (χ0n) is 15.4. The molecule has 0 N–H and O–H groups in total. The fourth-order valence-electron chi connectivity index (χ4n) is 4.04. The Morgan fingerprint density at radius 2 is 2.04 bits per heavy atom. The van der Waals surface area contributed by atoms with Crippen LogP contribution in [-0.2, 0) is 17.6 Å². The van der Waals surface area contributed by atoms with E-state index in [1.54, 1.807) is 0 Å². The van der Waals surface area contributed by atoms with E-state index in [2.05, 4.69) is 29.5 Å². The van der Waals surface area contributed by atoms with Gasteiger partial charge in [-0.15, -0.1) is 0 Å². The lowest BCUT2D eigenvalue weighted by atomic mass is 10.0. The van der Waals surface area contributed by atoms with Crippen molar-refractivity contribution in [1.82, 2.24) is 14.5 Å². The van der Waals surface area contributed by atoms with Crippen molar-refractivity contribution in [2.75, 3.05) is 13.1 Å². The number of piperidine rings is 1. The van der Waals surface area contributed by atoms with Gasteiger partial charge in [-0.25, -0.2) is 4.98 Å². The second-order valence-corrected chi connectivity index (χ2v) is 7.08. The van der Waals surface area contributed by atoms with Gasteiger partial charge in [0.1, 0.15) is 11.3 Å². The third-order valence-electron chi connectivity index (χ3n) is 5.50. The Morgan fingerprint density at radius 1 is 1.27 bits per heavy atom. The number of hydrogen-bond acceptors (Lipinski definition) is 3. The third-order valence-corrected chi connectivity index (χ3v) is 5.50. The summed E-state index contributed by atoms with van der Waals surface area (Å²) in [6.07, 6.45) is 7.00. The molecular formula is C21H25N3O2. The number of carbonyl (C=O) groups is 1. The summed E-state index contributed by atoms with van der Waals surface area (Å²) < 4.78 is 8.17. The number of likely N-dealkylation sites (tertiary alicyclic amines) is 1. The van der Waals surface area contributed by atoms with Crippen molar-refractivity contribution < 1.29 is 9.21 Å². The van der Waals surface area contributed by atoms with Crippen LogP contribution in [0.3, 0.4) is 0 Å². The van der Waals surface area contributed by atoms with E-state index in [-0.39, 0.29) is 5.91 Å². The van der Waals surface area contributed by atoms with Crippen molar-refractivity contribution in [3.05, 3.63) is 53.8 Å². The van der Waals surface area contributed by atoms with E-state index in [1.165, 1.54) is 5.69 Å². The van der Waals surface area contributed by atoms with Crippen LogP contribution in [-0.4, -0.2) is 33.4 Å². The van der Waals surface area contributed by atoms with Crippen LogP contribution in [0.2, 0.25) is 0 Å². The van der Waals surface area contributed by atoms with Gasteiger partial charge in [0.25, 0.3) is 0 Å². The second kappa shape index (κ2) is 6.98. The molecule has 5 heteroatoms. The fourth-order valence-corrected chi connectivity index (χ4v) is 4.04. The molecule has 1 aromatic carbocycles. The van der Waals surface area contributed by atoms with E-state index in [0.29, 0.717) is 12.5 Å². The van der Waals surface area contributed by atoms with E-state index >= 15 is 0 Å². The van der Waals surface area contributed by atoms with Gasteiger partial charge in [-0.3, -0.25) is 4.79 Å². The molecular weight excluding hydrogens is 326 g/mol. The standard InChI is InChI=1S/C21H25N3O2/c1-3-19-18(17-6-4-5-7-20(17)26-19)12-21(25)23-10-8-16(9-11-23)24-14-22-13-15(24)2/h4-7,13-14,16H,3,8-12H2,1-2H3. The maximum atomic E-state index is 12.9. The van der Waals surface area contributed by atoms with Gasteiger partial charge in [-0.2, -0.15) is 0 Å². The van der Waals surface area contributed by atoms with Crippen molar-refractivity contribution in [3.8, 4) is 0 Å². The van der Waals surface area contributed by atoms with Crippen LogP contribution < -0.4 is 0 Å². The molecule has 0 aliphatic carbocycles. The van der Waals surface area contributed by atoms with Gasteiger partial charge < -0.3 is 13.9 Å². The highest BCUT2D eigenvalue weighted by Crippen LogP contribution is 2.28. The molecule has 1 aliphatic rings. The zero-order chi connectivity index (χ0) is 18.1. The van der Waals surface area contributed by atoms with Crippen LogP contribution in [0.1, 0.15) is 42.8 Å². The molecule has 1 saturated heterocycles. The molecule has 0 bridgehead atoms. The fraction of sp³-hybridized carbons (Fsp3) is 0.429. The van der Waals surface area contributed by atoms with Gasteiger partial charge in [0, 0.05) is 48.4 Å². The molecule has 0 unspecified atom stereocenters. The summed E-state index contributed by atoms with van der Waals surface area (Å²) >= 11 is 0. The molecule has 0 radical (unpaired) electrons. The van der Waals surface area contributed by atoms with E-state index < -0.39 is 0 Å². The van der Waals surface area contributed by atoms with Crippen LogP contribution in [0.15, 0.2) is 41.2 Å². The Labute approximate surface area is 153 Å². The number of aromatic nitrogens is 2. The smallest absolute Gasteiger partial charge is 0.227 e. The minimum atomic E-state index is 0.201. The first-order valence-corrected chi connectivity index (χ1v) is 9.43. The monoisotopic (exact) mass is 351 g/mol. The minimum Gasteiger partial charge on any atom is -0.461 e. The van der Waals surface area contributed by atoms with E-state index in [9.17, 15) is 4.79 Å². The number of furan rings is 1. The van der Waals surface area contributed by atoms with Crippen molar-refractivity contribution in [2.45, 2.75) is 45.6 Å². The number of rotatable bonds is 4. The van der Waals surface area contributed by atoms with Crippen LogP contribution in [0, 0.1) is 6.92 Å². The summed E-state index contributed by atoms with van der Waals surface area (Å²) in [5.74, 6) is 1.13. The normalized spacial score (nSPS) is 15.7. The first-order chi connectivity index (χ1) is 12.7. The lowest BCUT2D eigenvalue weighted by Crippen LogP contribution is -2.40. The molecule has 3 heterocycles. The Bertz CT molecular complexity index is 916. The predicted molar refractivity (Wildman–Crippen MR) is 101 cm³/mol. The molecule has 1 fully saturated rings. The highest BCUT2D eigenvalue weighted by molar-refractivity contribution is 5.88. The van der Waals surface area contributed by atoms with Gasteiger partial charge in [0.15, 0.2) is 0 Å². The average Bonchev–Trinajstić information content (AvgIpc) is 3.25. The minimum absolute atomic E-state index is 0.201. The number of benzene rings is 1. The summed E-state index contributed by atoms with van der Waals surface area (Å²) in [5, 5.41) is 1.07.